The van der Waals surface area contributed by atoms with Crippen LogP contribution in [-0.4, -0.2) is 21.9 Å². The fraction of sp³-hybridized carbons (Fsp3) is 0.353. The molecule has 2 aromatic rings. The number of nitrogens with one attached hydrogen (secondary N) is 2. The lowest BCUT2D eigenvalue weighted by Crippen LogP contribution is -2.36. The maximum absolute atomic E-state index is 13.6. The molecule has 0 aliphatic heterocycles. The number of nitrogens with zero attached hydrogens (tertiary/aromatic N) is 2. The molecule has 0 spiro atoms. The molecule has 1 saturated carbocycles. The molecule has 1 aliphatic rings. The van der Waals surface area contributed by atoms with Crippen LogP contribution in [0, 0.1) is 11.6 Å². The zero-order valence-corrected chi connectivity index (χ0v) is 13.1. The van der Waals surface area contributed by atoms with Gasteiger partial charge in [0.25, 0.3) is 5.91 Å². The van der Waals surface area contributed by atoms with Gasteiger partial charge in [-0.2, -0.15) is 0 Å². The Morgan fingerprint density at radius 1 is 1.08 bits per heavy atom. The van der Waals surface area contributed by atoms with Crippen LogP contribution < -0.4 is 10.6 Å². The van der Waals surface area contributed by atoms with Crippen LogP contribution in [0.1, 0.15) is 42.5 Å². The first-order chi connectivity index (χ1) is 11.6. The van der Waals surface area contributed by atoms with Crippen molar-refractivity contribution in [1.82, 2.24) is 15.3 Å². The third-order valence-electron chi connectivity index (χ3n) is 4.03. The third-order valence-corrected chi connectivity index (χ3v) is 4.03. The summed E-state index contributed by atoms with van der Waals surface area (Å²) in [6.45, 7) is 0. The van der Waals surface area contributed by atoms with Crippen molar-refractivity contribution < 1.29 is 13.6 Å². The van der Waals surface area contributed by atoms with E-state index >= 15 is 0 Å². The van der Waals surface area contributed by atoms with Crippen molar-refractivity contribution in [2.45, 2.75) is 38.1 Å². The van der Waals surface area contributed by atoms with Crippen molar-refractivity contribution in [1.29, 1.82) is 0 Å². The quantitative estimate of drug-likeness (QED) is 0.898. The summed E-state index contributed by atoms with van der Waals surface area (Å²) in [5, 5.41) is 5.63. The second kappa shape index (κ2) is 7.33. The first kappa shape index (κ1) is 16.3. The molecule has 1 heterocycles. The first-order valence-electron chi connectivity index (χ1n) is 7.97. The summed E-state index contributed by atoms with van der Waals surface area (Å²) in [6, 6.07) is 3.38. The maximum atomic E-state index is 13.6. The topological polar surface area (TPSA) is 66.9 Å². The van der Waals surface area contributed by atoms with E-state index in [9.17, 15) is 13.6 Å². The molecule has 0 saturated heterocycles. The van der Waals surface area contributed by atoms with Crippen molar-refractivity contribution in [2.24, 2.45) is 0 Å². The molecule has 0 atom stereocenters. The molecule has 1 aromatic carbocycles. The van der Waals surface area contributed by atoms with Gasteiger partial charge in [0.2, 0.25) is 5.95 Å². The molecule has 1 aliphatic carbocycles. The molecule has 24 heavy (non-hydrogen) atoms. The number of hydrogen-bond donors (Lipinski definition) is 2. The van der Waals surface area contributed by atoms with Crippen LogP contribution >= 0.6 is 0 Å². The Bertz CT molecular complexity index is 715. The number of carbonyl (C=O) groups excluding carboxylic acids is 1. The summed E-state index contributed by atoms with van der Waals surface area (Å²) in [7, 11) is 0. The van der Waals surface area contributed by atoms with Gasteiger partial charge in [-0.25, -0.2) is 18.7 Å². The second-order valence-corrected chi connectivity index (χ2v) is 5.85. The zero-order chi connectivity index (χ0) is 16.9. The summed E-state index contributed by atoms with van der Waals surface area (Å²) < 4.78 is 26.5. The van der Waals surface area contributed by atoms with Gasteiger partial charge in [0.15, 0.2) is 0 Å². The number of hydrogen-bond acceptors (Lipinski definition) is 4. The summed E-state index contributed by atoms with van der Waals surface area (Å²) >= 11 is 0. The highest BCUT2D eigenvalue weighted by Crippen LogP contribution is 2.19. The van der Waals surface area contributed by atoms with Gasteiger partial charge in [0.05, 0.1) is 11.3 Å². The highest BCUT2D eigenvalue weighted by atomic mass is 19.1. The fourth-order valence-electron chi connectivity index (χ4n) is 2.74. The molecule has 0 radical (unpaired) electrons. The van der Waals surface area contributed by atoms with E-state index in [0.29, 0.717) is 5.56 Å². The normalized spacial score (nSPS) is 15.1. The zero-order valence-electron chi connectivity index (χ0n) is 13.1. The van der Waals surface area contributed by atoms with Gasteiger partial charge in [-0.15, -0.1) is 0 Å². The molecule has 3 rings (SSSR count). The Morgan fingerprint density at radius 3 is 2.46 bits per heavy atom. The Labute approximate surface area is 138 Å². The van der Waals surface area contributed by atoms with Crippen molar-refractivity contribution in [3.05, 3.63) is 47.8 Å². The number of anilines is 2. The van der Waals surface area contributed by atoms with Gasteiger partial charge in [-0.1, -0.05) is 19.3 Å². The lowest BCUT2D eigenvalue weighted by Gasteiger charge is -2.22. The van der Waals surface area contributed by atoms with Gasteiger partial charge >= 0.3 is 0 Å². The monoisotopic (exact) mass is 332 g/mol. The van der Waals surface area contributed by atoms with E-state index in [0.717, 1.165) is 37.8 Å². The highest BCUT2D eigenvalue weighted by Gasteiger charge is 2.17. The van der Waals surface area contributed by atoms with E-state index in [-0.39, 0.29) is 23.6 Å². The Kier molecular flexibility index (Phi) is 4.98. The number of rotatable bonds is 4. The van der Waals surface area contributed by atoms with Gasteiger partial charge in [-0.3, -0.25) is 4.79 Å². The van der Waals surface area contributed by atoms with Crippen LogP contribution in [0.2, 0.25) is 0 Å². The van der Waals surface area contributed by atoms with E-state index in [1.165, 1.54) is 24.9 Å². The SMILES string of the molecule is O=C(NC1CCCCC1)c1cnc(Nc2ccc(F)cc2F)nc1. The largest absolute Gasteiger partial charge is 0.349 e. The first-order valence-corrected chi connectivity index (χ1v) is 7.97. The maximum Gasteiger partial charge on any atom is 0.254 e. The number of amides is 1. The molecule has 5 nitrogen and oxygen atoms in total. The van der Waals surface area contributed by atoms with Gasteiger partial charge in [-0.05, 0) is 25.0 Å². The molecule has 126 valence electrons. The lowest BCUT2D eigenvalue weighted by molar-refractivity contribution is 0.0927. The summed E-state index contributed by atoms with van der Waals surface area (Å²) in [4.78, 5) is 20.2. The predicted octanol–water partition coefficient (Wildman–Crippen LogP) is 3.56. The lowest BCUT2D eigenvalue weighted by atomic mass is 9.95. The molecule has 2 N–H and O–H groups in total. The van der Waals surface area contributed by atoms with E-state index in [2.05, 4.69) is 20.6 Å². The number of carbonyl (C=O) groups is 1. The summed E-state index contributed by atoms with van der Waals surface area (Å²) in [5.41, 5.74) is 0.418. The van der Waals surface area contributed by atoms with E-state index < -0.39 is 11.6 Å². The van der Waals surface area contributed by atoms with Crippen molar-refractivity contribution in [2.75, 3.05) is 5.32 Å². The summed E-state index contributed by atoms with van der Waals surface area (Å²) in [6.07, 6.45) is 8.24. The van der Waals surface area contributed by atoms with Crippen LogP contribution in [0.4, 0.5) is 20.4 Å². The fourth-order valence-corrected chi connectivity index (χ4v) is 2.74. The number of aromatic nitrogens is 2. The molecular formula is C17H18F2N4O. The average Bonchev–Trinajstić information content (AvgIpc) is 2.59. The Balaban J connectivity index is 1.63. The molecule has 1 amide bonds. The molecule has 1 fully saturated rings. The minimum atomic E-state index is -0.738. The molecule has 1 aromatic heterocycles. The van der Waals surface area contributed by atoms with Crippen LogP contribution in [0.15, 0.2) is 30.6 Å². The smallest absolute Gasteiger partial charge is 0.254 e. The second-order valence-electron chi connectivity index (χ2n) is 5.85. The minimum Gasteiger partial charge on any atom is -0.349 e. The molecule has 7 heteroatoms. The predicted molar refractivity (Wildman–Crippen MR) is 86.0 cm³/mol. The molecular weight excluding hydrogens is 314 g/mol. The van der Waals surface area contributed by atoms with Crippen molar-refractivity contribution >= 4 is 17.5 Å². The van der Waals surface area contributed by atoms with Crippen LogP contribution in [-0.2, 0) is 0 Å². The summed E-state index contributed by atoms with van der Waals surface area (Å²) in [5.74, 6) is -1.47. The van der Waals surface area contributed by atoms with Crippen LogP contribution in [0.3, 0.4) is 0 Å². The van der Waals surface area contributed by atoms with E-state index in [4.69, 9.17) is 0 Å². The van der Waals surface area contributed by atoms with Crippen LogP contribution in [0.25, 0.3) is 0 Å². The van der Waals surface area contributed by atoms with Crippen LogP contribution in [0.5, 0.6) is 0 Å². The minimum absolute atomic E-state index is 0.0656. The van der Waals surface area contributed by atoms with E-state index in [1.807, 2.05) is 0 Å². The molecule has 0 bridgehead atoms. The van der Waals surface area contributed by atoms with E-state index in [1.54, 1.807) is 0 Å². The Morgan fingerprint density at radius 2 is 1.79 bits per heavy atom. The van der Waals surface area contributed by atoms with Gasteiger partial charge in [0.1, 0.15) is 11.6 Å². The number of benzene rings is 1. The van der Waals surface area contributed by atoms with Gasteiger partial charge < -0.3 is 10.6 Å². The Hall–Kier alpha value is -2.57. The average molecular weight is 332 g/mol. The highest BCUT2D eigenvalue weighted by molar-refractivity contribution is 5.93. The molecule has 0 unspecified atom stereocenters. The standard InChI is InChI=1S/C17H18F2N4O/c18-12-6-7-15(14(19)8-12)23-17-20-9-11(10-21-17)16(24)22-13-4-2-1-3-5-13/h6-10,13H,1-5H2,(H,22,24)(H,20,21,23). The van der Waals surface area contributed by atoms with Crippen molar-refractivity contribution in [3.63, 3.8) is 0 Å². The van der Waals surface area contributed by atoms with Gasteiger partial charge in [0, 0.05) is 24.5 Å². The third kappa shape index (κ3) is 4.04. The number of halogens is 2. The van der Waals surface area contributed by atoms with Crippen molar-refractivity contribution in [3.8, 4) is 0 Å².